The average molecular weight is 254 g/mol. The Morgan fingerprint density at radius 1 is 1.18 bits per heavy atom. The fourth-order valence-electron chi connectivity index (χ4n) is 1.83. The van der Waals surface area contributed by atoms with E-state index in [0.29, 0.717) is 5.69 Å². The number of phenols is 1. The van der Waals surface area contributed by atoms with Crippen molar-refractivity contribution >= 4 is 29.1 Å². The second-order valence-electron chi connectivity index (χ2n) is 4.22. The molecule has 1 aliphatic heterocycles. The van der Waals surface area contributed by atoms with Gasteiger partial charge in [0.05, 0.1) is 10.7 Å². The molecule has 5 heteroatoms. The summed E-state index contributed by atoms with van der Waals surface area (Å²) in [7, 11) is 0. The van der Waals surface area contributed by atoms with Crippen LogP contribution < -0.4 is 4.90 Å². The van der Waals surface area contributed by atoms with E-state index in [1.165, 1.54) is 18.2 Å². The third-order valence-electron chi connectivity index (χ3n) is 3.16. The van der Waals surface area contributed by atoms with E-state index in [4.69, 9.17) is 11.6 Å². The van der Waals surface area contributed by atoms with Gasteiger partial charge >= 0.3 is 0 Å². The highest BCUT2D eigenvalue weighted by atomic mass is 35.5. The molecule has 0 spiro atoms. The van der Waals surface area contributed by atoms with Gasteiger partial charge in [-0.1, -0.05) is 25.4 Å². The number of anilines is 1. The average Bonchev–Trinajstić information content (AvgIpc) is 2.48. The molecule has 2 unspecified atom stereocenters. The second-order valence-corrected chi connectivity index (χ2v) is 4.63. The maximum atomic E-state index is 11.9. The molecule has 2 rings (SSSR count). The van der Waals surface area contributed by atoms with Crippen molar-refractivity contribution in [3.05, 3.63) is 23.2 Å². The number of hydrogen-bond donors (Lipinski definition) is 1. The number of phenolic OH excluding ortho intramolecular Hbond substituents is 1. The molecule has 0 radical (unpaired) electrons. The third kappa shape index (κ3) is 1.78. The molecule has 1 aromatic rings. The Bertz CT molecular complexity index is 481. The van der Waals surface area contributed by atoms with Gasteiger partial charge in [0.1, 0.15) is 5.75 Å². The van der Waals surface area contributed by atoms with Crippen molar-refractivity contribution in [2.24, 2.45) is 11.8 Å². The van der Waals surface area contributed by atoms with Crippen molar-refractivity contribution < 1.29 is 14.7 Å². The van der Waals surface area contributed by atoms with Crippen LogP contribution in [0, 0.1) is 11.8 Å². The first kappa shape index (κ1) is 11.9. The van der Waals surface area contributed by atoms with E-state index in [1.54, 1.807) is 13.8 Å². The second kappa shape index (κ2) is 4.04. The van der Waals surface area contributed by atoms with E-state index in [-0.39, 0.29) is 34.4 Å². The van der Waals surface area contributed by atoms with Crippen molar-refractivity contribution in [2.75, 3.05) is 4.90 Å². The van der Waals surface area contributed by atoms with Gasteiger partial charge in [-0.25, -0.2) is 0 Å². The fourth-order valence-corrected chi connectivity index (χ4v) is 2.01. The van der Waals surface area contributed by atoms with Crippen LogP contribution in [-0.4, -0.2) is 16.9 Å². The highest BCUT2D eigenvalue weighted by Gasteiger charge is 2.43. The zero-order valence-corrected chi connectivity index (χ0v) is 10.2. The summed E-state index contributed by atoms with van der Waals surface area (Å²) in [5.74, 6) is -1.19. The molecule has 17 heavy (non-hydrogen) atoms. The molecular weight excluding hydrogens is 242 g/mol. The van der Waals surface area contributed by atoms with E-state index >= 15 is 0 Å². The van der Waals surface area contributed by atoms with Crippen LogP contribution >= 0.6 is 11.6 Å². The smallest absolute Gasteiger partial charge is 0.237 e. The monoisotopic (exact) mass is 253 g/mol. The molecule has 90 valence electrons. The van der Waals surface area contributed by atoms with Crippen LogP contribution in [-0.2, 0) is 9.59 Å². The van der Waals surface area contributed by atoms with Crippen molar-refractivity contribution in [1.29, 1.82) is 0 Å². The summed E-state index contributed by atoms with van der Waals surface area (Å²) in [6.07, 6.45) is 0. The van der Waals surface area contributed by atoms with Gasteiger partial charge in [0.25, 0.3) is 0 Å². The summed E-state index contributed by atoms with van der Waals surface area (Å²) in [5.41, 5.74) is 0.402. The standard InChI is InChI=1S/C12H12ClNO3/c1-6-7(2)12(17)14(11(6)16)8-3-4-10(15)9(13)5-8/h3-7,15H,1-2H3. The first-order valence-electron chi connectivity index (χ1n) is 5.30. The zero-order chi connectivity index (χ0) is 12.7. The molecule has 1 aliphatic rings. The Morgan fingerprint density at radius 3 is 2.18 bits per heavy atom. The summed E-state index contributed by atoms with van der Waals surface area (Å²) < 4.78 is 0. The number of halogens is 1. The van der Waals surface area contributed by atoms with E-state index in [1.807, 2.05) is 0 Å². The normalized spacial score (nSPS) is 24.5. The summed E-state index contributed by atoms with van der Waals surface area (Å²) in [4.78, 5) is 25.0. The number of benzene rings is 1. The van der Waals surface area contributed by atoms with Crippen LogP contribution in [0.1, 0.15) is 13.8 Å². The summed E-state index contributed by atoms with van der Waals surface area (Å²) >= 11 is 5.76. The van der Waals surface area contributed by atoms with Crippen LogP contribution in [0.4, 0.5) is 5.69 Å². The Morgan fingerprint density at radius 2 is 1.71 bits per heavy atom. The predicted octanol–water partition coefficient (Wildman–Crippen LogP) is 2.19. The number of rotatable bonds is 1. The molecule has 1 heterocycles. The molecular formula is C12H12ClNO3. The largest absolute Gasteiger partial charge is 0.506 e. The molecule has 0 bridgehead atoms. The highest BCUT2D eigenvalue weighted by molar-refractivity contribution is 6.32. The molecule has 1 fully saturated rings. The molecule has 2 atom stereocenters. The Labute approximate surface area is 104 Å². The molecule has 1 N–H and O–H groups in total. The SMILES string of the molecule is CC1C(=O)N(c2ccc(O)c(Cl)c2)C(=O)C1C. The quantitative estimate of drug-likeness (QED) is 0.781. The number of amides is 2. The first-order chi connectivity index (χ1) is 7.93. The lowest BCUT2D eigenvalue weighted by atomic mass is 10.00. The van der Waals surface area contributed by atoms with Crippen molar-refractivity contribution in [3.63, 3.8) is 0 Å². The van der Waals surface area contributed by atoms with Crippen LogP contribution in [0.5, 0.6) is 5.75 Å². The van der Waals surface area contributed by atoms with E-state index in [2.05, 4.69) is 0 Å². The topological polar surface area (TPSA) is 57.6 Å². The van der Waals surface area contributed by atoms with Crippen LogP contribution in [0.15, 0.2) is 18.2 Å². The minimum absolute atomic E-state index is 0.0735. The van der Waals surface area contributed by atoms with E-state index in [9.17, 15) is 14.7 Å². The number of imide groups is 1. The Hall–Kier alpha value is -1.55. The number of aromatic hydroxyl groups is 1. The van der Waals surface area contributed by atoms with Crippen molar-refractivity contribution in [1.82, 2.24) is 0 Å². The van der Waals surface area contributed by atoms with Crippen LogP contribution in [0.2, 0.25) is 5.02 Å². The van der Waals surface area contributed by atoms with Gasteiger partial charge in [-0.05, 0) is 18.2 Å². The summed E-state index contributed by atoms with van der Waals surface area (Å²) in [5, 5.41) is 9.42. The summed E-state index contributed by atoms with van der Waals surface area (Å²) in [6, 6.07) is 4.28. The number of carbonyl (C=O) groups is 2. The molecule has 1 aromatic carbocycles. The minimum Gasteiger partial charge on any atom is -0.506 e. The van der Waals surface area contributed by atoms with Crippen LogP contribution in [0.25, 0.3) is 0 Å². The predicted molar refractivity (Wildman–Crippen MR) is 63.9 cm³/mol. The minimum atomic E-state index is -0.324. The maximum absolute atomic E-state index is 11.9. The lowest BCUT2D eigenvalue weighted by Gasteiger charge is -2.15. The molecule has 0 saturated carbocycles. The number of hydrogen-bond acceptors (Lipinski definition) is 3. The maximum Gasteiger partial charge on any atom is 0.237 e. The van der Waals surface area contributed by atoms with E-state index in [0.717, 1.165) is 4.90 Å². The first-order valence-corrected chi connectivity index (χ1v) is 5.67. The zero-order valence-electron chi connectivity index (χ0n) is 9.48. The van der Waals surface area contributed by atoms with Gasteiger partial charge < -0.3 is 5.11 Å². The lowest BCUT2D eigenvalue weighted by molar-refractivity contribution is -0.122. The highest BCUT2D eigenvalue weighted by Crippen LogP contribution is 2.34. The molecule has 4 nitrogen and oxygen atoms in total. The van der Waals surface area contributed by atoms with Gasteiger partial charge in [-0.3, -0.25) is 14.5 Å². The third-order valence-corrected chi connectivity index (χ3v) is 3.46. The van der Waals surface area contributed by atoms with Gasteiger partial charge in [0.2, 0.25) is 11.8 Å². The number of nitrogens with zero attached hydrogens (tertiary/aromatic N) is 1. The number of carbonyl (C=O) groups excluding carboxylic acids is 2. The Balaban J connectivity index is 2.43. The molecule has 0 aliphatic carbocycles. The van der Waals surface area contributed by atoms with Crippen molar-refractivity contribution in [2.45, 2.75) is 13.8 Å². The molecule has 2 amide bonds. The van der Waals surface area contributed by atoms with Crippen molar-refractivity contribution in [3.8, 4) is 5.75 Å². The molecule has 1 saturated heterocycles. The van der Waals surface area contributed by atoms with Gasteiger partial charge in [-0.15, -0.1) is 0 Å². The van der Waals surface area contributed by atoms with E-state index < -0.39 is 0 Å². The lowest BCUT2D eigenvalue weighted by Crippen LogP contribution is -2.30. The van der Waals surface area contributed by atoms with Gasteiger partial charge in [0, 0.05) is 11.8 Å². The van der Waals surface area contributed by atoms with Gasteiger partial charge in [0.15, 0.2) is 0 Å². The summed E-state index contributed by atoms with van der Waals surface area (Å²) in [6.45, 7) is 3.46. The molecule has 0 aromatic heterocycles. The van der Waals surface area contributed by atoms with Crippen LogP contribution in [0.3, 0.4) is 0 Å². The fraction of sp³-hybridized carbons (Fsp3) is 0.333. The Kier molecular flexibility index (Phi) is 2.83. The van der Waals surface area contributed by atoms with Gasteiger partial charge in [-0.2, -0.15) is 0 Å².